The van der Waals surface area contributed by atoms with E-state index in [2.05, 4.69) is 18.7 Å². The summed E-state index contributed by atoms with van der Waals surface area (Å²) in [6.07, 6.45) is 1.15. The van der Waals surface area contributed by atoms with Gasteiger partial charge >= 0.3 is 0 Å². The van der Waals surface area contributed by atoms with Crippen molar-refractivity contribution < 1.29 is 9.47 Å². The Bertz CT molecular complexity index is 152. The molecular weight excluding hydrogens is 178 g/mol. The highest BCUT2D eigenvalue weighted by molar-refractivity contribution is 4.72. The van der Waals surface area contributed by atoms with Gasteiger partial charge in [-0.05, 0) is 19.3 Å². The van der Waals surface area contributed by atoms with E-state index in [9.17, 15) is 0 Å². The first kappa shape index (κ1) is 12.0. The zero-order valence-corrected chi connectivity index (χ0v) is 9.66. The van der Waals surface area contributed by atoms with E-state index in [1.54, 1.807) is 7.11 Å². The van der Waals surface area contributed by atoms with Crippen molar-refractivity contribution in [3.8, 4) is 0 Å². The predicted octanol–water partition coefficient (Wildman–Crippen LogP) is 1.38. The largest absolute Gasteiger partial charge is 0.385 e. The van der Waals surface area contributed by atoms with Crippen LogP contribution in [0.1, 0.15) is 20.3 Å². The van der Waals surface area contributed by atoms with Crippen LogP contribution >= 0.6 is 0 Å². The summed E-state index contributed by atoms with van der Waals surface area (Å²) in [5, 5.41) is 0. The fourth-order valence-corrected chi connectivity index (χ4v) is 1.84. The lowest BCUT2D eigenvalue weighted by molar-refractivity contribution is -0.00788. The molecule has 1 fully saturated rings. The molecule has 0 N–H and O–H groups in total. The van der Waals surface area contributed by atoms with Crippen molar-refractivity contribution >= 4 is 0 Å². The SMILES string of the molecule is COCC[C@@H](C)CN1CCOC[C@@H]1C. The summed E-state index contributed by atoms with van der Waals surface area (Å²) in [5.74, 6) is 0.718. The summed E-state index contributed by atoms with van der Waals surface area (Å²) in [6.45, 7) is 9.44. The fourth-order valence-electron chi connectivity index (χ4n) is 1.84. The molecule has 1 aliphatic heterocycles. The topological polar surface area (TPSA) is 21.7 Å². The normalized spacial score (nSPS) is 26.4. The molecule has 1 heterocycles. The number of morpholine rings is 1. The molecule has 1 saturated heterocycles. The smallest absolute Gasteiger partial charge is 0.0619 e. The third-order valence-electron chi connectivity index (χ3n) is 2.87. The molecule has 0 spiro atoms. The Morgan fingerprint density at radius 3 is 3.00 bits per heavy atom. The van der Waals surface area contributed by atoms with E-state index >= 15 is 0 Å². The van der Waals surface area contributed by atoms with Crippen molar-refractivity contribution in [2.75, 3.05) is 40.0 Å². The highest BCUT2D eigenvalue weighted by Crippen LogP contribution is 2.11. The molecule has 2 atom stereocenters. The quantitative estimate of drug-likeness (QED) is 0.671. The van der Waals surface area contributed by atoms with Gasteiger partial charge in [-0.15, -0.1) is 0 Å². The fraction of sp³-hybridized carbons (Fsp3) is 1.00. The minimum absolute atomic E-state index is 0.578. The molecule has 0 radical (unpaired) electrons. The second-order valence-electron chi connectivity index (χ2n) is 4.31. The van der Waals surface area contributed by atoms with Gasteiger partial charge in [0.2, 0.25) is 0 Å². The molecule has 0 unspecified atom stereocenters. The van der Waals surface area contributed by atoms with Crippen LogP contribution < -0.4 is 0 Å². The average Bonchev–Trinajstić information content (AvgIpc) is 2.18. The van der Waals surface area contributed by atoms with Gasteiger partial charge in [-0.3, -0.25) is 4.90 Å². The van der Waals surface area contributed by atoms with Crippen LogP contribution in [-0.4, -0.2) is 51.0 Å². The second-order valence-corrected chi connectivity index (χ2v) is 4.31. The zero-order chi connectivity index (χ0) is 10.4. The van der Waals surface area contributed by atoms with Gasteiger partial charge in [0.25, 0.3) is 0 Å². The third kappa shape index (κ3) is 3.95. The minimum atomic E-state index is 0.578. The summed E-state index contributed by atoms with van der Waals surface area (Å²) >= 11 is 0. The van der Waals surface area contributed by atoms with Crippen molar-refractivity contribution in [2.45, 2.75) is 26.3 Å². The highest BCUT2D eigenvalue weighted by Gasteiger charge is 2.20. The number of rotatable bonds is 5. The summed E-state index contributed by atoms with van der Waals surface area (Å²) in [5.41, 5.74) is 0. The Labute approximate surface area is 87.4 Å². The van der Waals surface area contributed by atoms with Gasteiger partial charge in [0.1, 0.15) is 0 Å². The maximum atomic E-state index is 5.41. The van der Waals surface area contributed by atoms with Gasteiger partial charge in [-0.2, -0.15) is 0 Å². The van der Waals surface area contributed by atoms with Crippen molar-refractivity contribution in [1.82, 2.24) is 4.90 Å². The van der Waals surface area contributed by atoms with Crippen LogP contribution in [0.2, 0.25) is 0 Å². The van der Waals surface area contributed by atoms with E-state index in [1.807, 2.05) is 0 Å². The molecule has 0 saturated carbocycles. The van der Waals surface area contributed by atoms with E-state index in [1.165, 1.54) is 6.54 Å². The molecule has 0 aliphatic carbocycles. The first-order valence-electron chi connectivity index (χ1n) is 5.54. The molecule has 0 aromatic carbocycles. The van der Waals surface area contributed by atoms with E-state index in [-0.39, 0.29) is 0 Å². The Morgan fingerprint density at radius 2 is 2.36 bits per heavy atom. The van der Waals surface area contributed by atoms with E-state index in [0.717, 1.165) is 38.7 Å². The number of hydrogen-bond donors (Lipinski definition) is 0. The molecule has 0 aromatic rings. The van der Waals surface area contributed by atoms with Crippen molar-refractivity contribution in [3.05, 3.63) is 0 Å². The zero-order valence-electron chi connectivity index (χ0n) is 9.66. The molecule has 3 heteroatoms. The van der Waals surface area contributed by atoms with Gasteiger partial charge in [0.05, 0.1) is 13.2 Å². The van der Waals surface area contributed by atoms with Gasteiger partial charge < -0.3 is 9.47 Å². The number of methoxy groups -OCH3 is 1. The lowest BCUT2D eigenvalue weighted by Crippen LogP contribution is -2.45. The van der Waals surface area contributed by atoms with Gasteiger partial charge in [-0.1, -0.05) is 6.92 Å². The van der Waals surface area contributed by atoms with Crippen LogP contribution in [0.5, 0.6) is 0 Å². The average molecular weight is 201 g/mol. The molecular formula is C11H23NO2. The Morgan fingerprint density at radius 1 is 1.57 bits per heavy atom. The number of ether oxygens (including phenoxy) is 2. The van der Waals surface area contributed by atoms with Crippen LogP contribution in [0, 0.1) is 5.92 Å². The summed E-state index contributed by atoms with van der Waals surface area (Å²) < 4.78 is 10.5. The Kier molecular flexibility index (Phi) is 5.45. The Balaban J connectivity index is 2.20. The lowest BCUT2D eigenvalue weighted by Gasteiger charge is -2.35. The first-order chi connectivity index (χ1) is 6.74. The molecule has 0 aromatic heterocycles. The van der Waals surface area contributed by atoms with Crippen molar-refractivity contribution in [2.24, 2.45) is 5.92 Å². The third-order valence-corrected chi connectivity index (χ3v) is 2.87. The van der Waals surface area contributed by atoms with E-state index in [4.69, 9.17) is 9.47 Å². The van der Waals surface area contributed by atoms with Gasteiger partial charge in [0, 0.05) is 32.8 Å². The monoisotopic (exact) mass is 201 g/mol. The van der Waals surface area contributed by atoms with Crippen molar-refractivity contribution in [3.63, 3.8) is 0 Å². The van der Waals surface area contributed by atoms with Gasteiger partial charge in [-0.25, -0.2) is 0 Å². The maximum absolute atomic E-state index is 5.41. The first-order valence-corrected chi connectivity index (χ1v) is 5.54. The molecule has 14 heavy (non-hydrogen) atoms. The van der Waals surface area contributed by atoms with Crippen molar-refractivity contribution in [1.29, 1.82) is 0 Å². The Hall–Kier alpha value is -0.120. The number of nitrogens with zero attached hydrogens (tertiary/aromatic N) is 1. The van der Waals surface area contributed by atoms with Crippen LogP contribution in [0.25, 0.3) is 0 Å². The van der Waals surface area contributed by atoms with Crippen LogP contribution in [0.3, 0.4) is 0 Å². The van der Waals surface area contributed by atoms with Crippen LogP contribution in [0.15, 0.2) is 0 Å². The molecule has 0 amide bonds. The summed E-state index contributed by atoms with van der Waals surface area (Å²) in [4.78, 5) is 2.52. The lowest BCUT2D eigenvalue weighted by atomic mass is 10.1. The summed E-state index contributed by atoms with van der Waals surface area (Å²) in [6, 6.07) is 0.578. The maximum Gasteiger partial charge on any atom is 0.0619 e. The molecule has 3 nitrogen and oxygen atoms in total. The predicted molar refractivity (Wildman–Crippen MR) is 57.5 cm³/mol. The molecule has 1 aliphatic rings. The molecule has 0 bridgehead atoms. The van der Waals surface area contributed by atoms with Crippen LogP contribution in [-0.2, 0) is 9.47 Å². The van der Waals surface area contributed by atoms with Gasteiger partial charge in [0.15, 0.2) is 0 Å². The van der Waals surface area contributed by atoms with E-state index in [0.29, 0.717) is 6.04 Å². The standard InChI is InChI=1S/C11H23NO2/c1-10(4-6-13-3)8-12-5-7-14-9-11(12)2/h10-11H,4-9H2,1-3H3/t10-,11+/m1/s1. The minimum Gasteiger partial charge on any atom is -0.385 e. The highest BCUT2D eigenvalue weighted by atomic mass is 16.5. The molecule has 84 valence electrons. The summed E-state index contributed by atoms with van der Waals surface area (Å²) in [7, 11) is 1.77. The van der Waals surface area contributed by atoms with Crippen LogP contribution in [0.4, 0.5) is 0 Å². The number of hydrogen-bond acceptors (Lipinski definition) is 3. The van der Waals surface area contributed by atoms with E-state index < -0.39 is 0 Å². The second kappa shape index (κ2) is 6.38. The molecule has 1 rings (SSSR count).